The second kappa shape index (κ2) is 8.04. The Bertz CT molecular complexity index is 424. The molecule has 1 aromatic rings. The molecule has 0 aliphatic heterocycles. The van der Waals surface area contributed by atoms with E-state index in [2.05, 4.69) is 44.0 Å². The SMILES string of the molecule is CCNC(C#N)(CN(CC)C(C)CC)c1ccccc1. The largest absolute Gasteiger partial charge is 0.298 e. The maximum absolute atomic E-state index is 9.82. The van der Waals surface area contributed by atoms with Crippen molar-refractivity contribution in [3.8, 4) is 6.07 Å². The van der Waals surface area contributed by atoms with Crippen molar-refractivity contribution in [2.45, 2.75) is 45.7 Å². The zero-order chi connectivity index (χ0) is 15.0. The fraction of sp³-hybridized carbons (Fsp3) is 0.588. The zero-order valence-corrected chi connectivity index (χ0v) is 13.2. The van der Waals surface area contributed by atoms with Crippen molar-refractivity contribution in [1.82, 2.24) is 10.2 Å². The molecule has 0 bridgehead atoms. The summed E-state index contributed by atoms with van der Waals surface area (Å²) in [5.74, 6) is 0. The second-order valence-electron chi connectivity index (χ2n) is 5.23. The number of hydrogen-bond donors (Lipinski definition) is 1. The third kappa shape index (κ3) is 3.82. The molecule has 1 N–H and O–H groups in total. The first-order valence-electron chi connectivity index (χ1n) is 7.59. The van der Waals surface area contributed by atoms with Gasteiger partial charge in [-0.3, -0.25) is 10.2 Å². The van der Waals surface area contributed by atoms with Crippen molar-refractivity contribution in [3.63, 3.8) is 0 Å². The lowest BCUT2D eigenvalue weighted by Crippen LogP contribution is -2.52. The average molecular weight is 273 g/mol. The van der Waals surface area contributed by atoms with E-state index in [1.54, 1.807) is 0 Å². The van der Waals surface area contributed by atoms with E-state index >= 15 is 0 Å². The van der Waals surface area contributed by atoms with E-state index in [9.17, 15) is 5.26 Å². The first kappa shape index (κ1) is 16.7. The summed E-state index contributed by atoms with van der Waals surface area (Å²) in [7, 11) is 0. The topological polar surface area (TPSA) is 39.1 Å². The molecule has 0 aliphatic rings. The summed E-state index contributed by atoms with van der Waals surface area (Å²) in [6, 6.07) is 13.1. The Morgan fingerprint density at radius 3 is 2.35 bits per heavy atom. The van der Waals surface area contributed by atoms with E-state index in [1.165, 1.54) is 0 Å². The lowest BCUT2D eigenvalue weighted by atomic mass is 9.90. The molecule has 0 aliphatic carbocycles. The first-order valence-corrected chi connectivity index (χ1v) is 7.59. The van der Waals surface area contributed by atoms with E-state index in [0.717, 1.165) is 25.1 Å². The Kier molecular flexibility index (Phi) is 6.70. The monoisotopic (exact) mass is 273 g/mol. The van der Waals surface area contributed by atoms with Gasteiger partial charge in [-0.25, -0.2) is 0 Å². The summed E-state index contributed by atoms with van der Waals surface area (Å²) >= 11 is 0. The molecule has 3 heteroatoms. The van der Waals surface area contributed by atoms with Gasteiger partial charge in [0.15, 0.2) is 0 Å². The van der Waals surface area contributed by atoms with Gasteiger partial charge in [0.1, 0.15) is 5.54 Å². The number of nitrogens with zero attached hydrogens (tertiary/aromatic N) is 2. The Morgan fingerprint density at radius 1 is 1.25 bits per heavy atom. The van der Waals surface area contributed by atoms with Gasteiger partial charge in [0.2, 0.25) is 0 Å². The van der Waals surface area contributed by atoms with Crippen LogP contribution in [0, 0.1) is 11.3 Å². The highest BCUT2D eigenvalue weighted by atomic mass is 15.2. The van der Waals surface area contributed by atoms with Gasteiger partial charge in [-0.1, -0.05) is 51.1 Å². The Morgan fingerprint density at radius 2 is 1.90 bits per heavy atom. The number of nitriles is 1. The fourth-order valence-corrected chi connectivity index (χ4v) is 2.56. The normalized spacial score (nSPS) is 15.6. The van der Waals surface area contributed by atoms with Gasteiger partial charge >= 0.3 is 0 Å². The fourth-order valence-electron chi connectivity index (χ4n) is 2.56. The third-order valence-corrected chi connectivity index (χ3v) is 4.00. The van der Waals surface area contributed by atoms with E-state index in [-0.39, 0.29) is 0 Å². The molecule has 0 spiro atoms. The van der Waals surface area contributed by atoms with E-state index in [0.29, 0.717) is 12.6 Å². The molecule has 2 atom stereocenters. The molecule has 2 unspecified atom stereocenters. The summed E-state index contributed by atoms with van der Waals surface area (Å²) in [6.45, 7) is 11.1. The van der Waals surface area contributed by atoms with Gasteiger partial charge in [-0.05, 0) is 32.0 Å². The number of benzene rings is 1. The van der Waals surface area contributed by atoms with Crippen LogP contribution in [0.15, 0.2) is 30.3 Å². The van der Waals surface area contributed by atoms with Crippen LogP contribution in [0.4, 0.5) is 0 Å². The van der Waals surface area contributed by atoms with Crippen LogP contribution in [0.2, 0.25) is 0 Å². The highest BCUT2D eigenvalue weighted by Crippen LogP contribution is 2.23. The molecule has 0 aromatic heterocycles. The zero-order valence-electron chi connectivity index (χ0n) is 13.2. The van der Waals surface area contributed by atoms with Gasteiger partial charge in [0, 0.05) is 12.6 Å². The first-order chi connectivity index (χ1) is 9.63. The molecule has 0 saturated heterocycles. The maximum Gasteiger partial charge on any atom is 0.145 e. The van der Waals surface area contributed by atoms with Gasteiger partial charge in [0.25, 0.3) is 0 Å². The molecule has 0 radical (unpaired) electrons. The Hall–Kier alpha value is -1.37. The highest BCUT2D eigenvalue weighted by Gasteiger charge is 2.34. The molecule has 0 heterocycles. The van der Waals surface area contributed by atoms with Crippen LogP contribution in [0.1, 0.15) is 39.7 Å². The van der Waals surface area contributed by atoms with Crippen LogP contribution in [-0.2, 0) is 5.54 Å². The summed E-state index contributed by atoms with van der Waals surface area (Å²) in [5, 5.41) is 13.2. The van der Waals surface area contributed by atoms with Crippen molar-refractivity contribution in [2.75, 3.05) is 19.6 Å². The standard InChI is InChI=1S/C17H27N3/c1-5-15(4)20(7-3)14-17(13-18,19-6-2)16-11-9-8-10-12-16/h8-12,15,19H,5-7,14H2,1-4H3. The van der Waals surface area contributed by atoms with Crippen LogP contribution >= 0.6 is 0 Å². The van der Waals surface area contributed by atoms with Crippen molar-refractivity contribution >= 4 is 0 Å². The van der Waals surface area contributed by atoms with Crippen LogP contribution in [0.5, 0.6) is 0 Å². The number of likely N-dealkylation sites (N-methyl/N-ethyl adjacent to an activating group) is 2. The lowest BCUT2D eigenvalue weighted by molar-refractivity contribution is 0.168. The van der Waals surface area contributed by atoms with Crippen LogP contribution < -0.4 is 5.32 Å². The van der Waals surface area contributed by atoms with Crippen molar-refractivity contribution < 1.29 is 0 Å². The predicted octanol–water partition coefficient (Wildman–Crippen LogP) is 3.14. The van der Waals surface area contributed by atoms with Crippen LogP contribution in [0.3, 0.4) is 0 Å². The molecule has 1 aromatic carbocycles. The summed E-state index contributed by atoms with van der Waals surface area (Å²) < 4.78 is 0. The number of hydrogen-bond acceptors (Lipinski definition) is 3. The maximum atomic E-state index is 9.82. The molecule has 0 fully saturated rings. The average Bonchev–Trinajstić information content (AvgIpc) is 2.51. The minimum absolute atomic E-state index is 0.482. The van der Waals surface area contributed by atoms with Gasteiger partial charge in [0.05, 0.1) is 6.07 Å². The quantitative estimate of drug-likeness (QED) is 0.791. The molecule has 0 amide bonds. The van der Waals surface area contributed by atoms with Crippen LogP contribution in [-0.4, -0.2) is 30.6 Å². The van der Waals surface area contributed by atoms with Crippen molar-refractivity contribution in [2.24, 2.45) is 0 Å². The minimum Gasteiger partial charge on any atom is -0.298 e. The molecule has 20 heavy (non-hydrogen) atoms. The summed E-state index contributed by atoms with van der Waals surface area (Å²) in [6.07, 6.45) is 1.09. The molecular weight excluding hydrogens is 246 g/mol. The summed E-state index contributed by atoms with van der Waals surface area (Å²) in [4.78, 5) is 2.37. The van der Waals surface area contributed by atoms with Crippen molar-refractivity contribution in [1.29, 1.82) is 5.26 Å². The van der Waals surface area contributed by atoms with Crippen molar-refractivity contribution in [3.05, 3.63) is 35.9 Å². The van der Waals surface area contributed by atoms with E-state index in [4.69, 9.17) is 0 Å². The second-order valence-corrected chi connectivity index (χ2v) is 5.23. The Balaban J connectivity index is 3.09. The smallest absolute Gasteiger partial charge is 0.145 e. The number of rotatable bonds is 8. The summed E-state index contributed by atoms with van der Waals surface area (Å²) in [5.41, 5.74) is 0.418. The highest BCUT2D eigenvalue weighted by molar-refractivity contribution is 5.32. The molecule has 1 rings (SSSR count). The van der Waals surface area contributed by atoms with E-state index in [1.807, 2.05) is 30.3 Å². The van der Waals surface area contributed by atoms with E-state index < -0.39 is 5.54 Å². The van der Waals surface area contributed by atoms with Crippen LogP contribution in [0.25, 0.3) is 0 Å². The third-order valence-electron chi connectivity index (χ3n) is 4.00. The molecule has 3 nitrogen and oxygen atoms in total. The lowest BCUT2D eigenvalue weighted by Gasteiger charge is -2.36. The molecule has 110 valence electrons. The van der Waals surface area contributed by atoms with Gasteiger partial charge < -0.3 is 0 Å². The predicted molar refractivity (Wildman–Crippen MR) is 84.4 cm³/mol. The molecule has 0 saturated carbocycles. The van der Waals surface area contributed by atoms with Gasteiger partial charge in [-0.15, -0.1) is 0 Å². The molecular formula is C17H27N3. The number of nitrogens with one attached hydrogen (secondary N) is 1. The van der Waals surface area contributed by atoms with Gasteiger partial charge in [-0.2, -0.15) is 5.26 Å². The minimum atomic E-state index is -0.630. The Labute approximate surface area is 123 Å².